The highest BCUT2D eigenvalue weighted by molar-refractivity contribution is 6.03. The molecule has 12 heteroatoms. The topological polar surface area (TPSA) is 127 Å². The number of fused-ring (bicyclic) bond motifs is 2. The number of piperazine rings is 1. The second-order valence-electron chi connectivity index (χ2n) is 10.7. The second kappa shape index (κ2) is 11.5. The van der Waals surface area contributed by atoms with Gasteiger partial charge in [0, 0.05) is 61.8 Å². The second-order valence-corrected chi connectivity index (χ2v) is 10.7. The van der Waals surface area contributed by atoms with Gasteiger partial charge in [-0.15, -0.1) is 0 Å². The van der Waals surface area contributed by atoms with Gasteiger partial charge in [0.25, 0.3) is 0 Å². The van der Waals surface area contributed by atoms with Crippen LogP contribution in [0.2, 0.25) is 0 Å². The molecule has 1 saturated heterocycles. The van der Waals surface area contributed by atoms with E-state index in [1.54, 1.807) is 41.8 Å². The molecule has 224 valence electrons. The predicted octanol–water partition coefficient (Wildman–Crippen LogP) is 3.85. The van der Waals surface area contributed by atoms with Crippen LogP contribution in [0.3, 0.4) is 0 Å². The normalized spacial score (nSPS) is 16.2. The number of benzene rings is 2. The van der Waals surface area contributed by atoms with E-state index in [1.165, 1.54) is 13.3 Å². The van der Waals surface area contributed by atoms with Crippen LogP contribution < -0.4 is 20.7 Å². The maximum absolute atomic E-state index is 15.4. The lowest BCUT2D eigenvalue weighted by Crippen LogP contribution is -2.48. The first-order valence-corrected chi connectivity index (χ1v) is 14.2. The largest absolute Gasteiger partial charge is 0.497 e. The van der Waals surface area contributed by atoms with E-state index in [1.807, 2.05) is 4.90 Å². The van der Waals surface area contributed by atoms with Crippen molar-refractivity contribution in [3.63, 3.8) is 0 Å². The highest BCUT2D eigenvalue weighted by atomic mass is 19.1. The number of methoxy groups -OCH3 is 1. The van der Waals surface area contributed by atoms with Gasteiger partial charge in [-0.25, -0.2) is 14.0 Å². The monoisotopic (exact) mass is 590 g/mol. The number of halogens is 1. The average Bonchev–Trinajstić information content (AvgIpc) is 3.85. The van der Waals surface area contributed by atoms with E-state index in [9.17, 15) is 19.5 Å². The molecule has 11 nitrogen and oxygen atoms in total. The maximum atomic E-state index is 15.4. The molecule has 0 spiro atoms. The molecule has 1 N–H and O–H groups in total. The fourth-order valence-electron chi connectivity index (χ4n) is 5.49. The third kappa shape index (κ3) is 5.57. The van der Waals surface area contributed by atoms with Crippen molar-refractivity contribution in [2.75, 3.05) is 51.3 Å². The van der Waals surface area contributed by atoms with Gasteiger partial charge in [-0.1, -0.05) is 5.16 Å². The first-order chi connectivity index (χ1) is 20.8. The van der Waals surface area contributed by atoms with Crippen LogP contribution in [-0.2, 0) is 4.84 Å². The SMILES string of the molecule is CCO/N=C(/CN1CCN(c2cc3c(cc2F)c(=O)c(C(=O)O)cn3C2CC2)CC1)c1cc2ccc(OC)cc2oc1=O. The summed E-state index contributed by atoms with van der Waals surface area (Å²) in [5.74, 6) is -1.32. The third-order valence-corrected chi connectivity index (χ3v) is 7.92. The average molecular weight is 591 g/mol. The number of oxime groups is 1. The van der Waals surface area contributed by atoms with E-state index in [-0.39, 0.29) is 17.0 Å². The Hall–Kier alpha value is -4.71. The number of pyridine rings is 1. The van der Waals surface area contributed by atoms with Crippen LogP contribution in [0, 0.1) is 5.82 Å². The summed E-state index contributed by atoms with van der Waals surface area (Å²) in [7, 11) is 1.54. The number of carboxylic acids is 1. The number of nitrogens with zero attached hydrogens (tertiary/aromatic N) is 4. The van der Waals surface area contributed by atoms with Crippen LogP contribution in [0.15, 0.2) is 61.8 Å². The summed E-state index contributed by atoms with van der Waals surface area (Å²) in [5, 5.41) is 14.5. The molecule has 2 aromatic carbocycles. The van der Waals surface area contributed by atoms with Gasteiger partial charge in [0.15, 0.2) is 0 Å². The Morgan fingerprint density at radius 2 is 1.86 bits per heavy atom. The molecule has 2 fully saturated rings. The van der Waals surface area contributed by atoms with E-state index >= 15 is 4.39 Å². The van der Waals surface area contributed by atoms with Crippen LogP contribution in [0.4, 0.5) is 10.1 Å². The Labute approximate surface area is 245 Å². The quantitative estimate of drug-likeness (QED) is 0.176. The molecule has 0 radical (unpaired) electrons. The van der Waals surface area contributed by atoms with Crippen molar-refractivity contribution in [1.29, 1.82) is 0 Å². The Balaban J connectivity index is 1.24. The summed E-state index contributed by atoms with van der Waals surface area (Å²) in [6, 6.07) is 9.88. The van der Waals surface area contributed by atoms with Crippen molar-refractivity contribution >= 4 is 39.2 Å². The zero-order valence-corrected chi connectivity index (χ0v) is 23.8. The number of hydrogen-bond acceptors (Lipinski definition) is 9. The van der Waals surface area contributed by atoms with Gasteiger partial charge in [-0.05, 0) is 50.1 Å². The molecular formula is C31H31FN4O7. The lowest BCUT2D eigenvalue weighted by atomic mass is 10.1. The number of carbonyl (C=O) groups is 1. The molecule has 2 aliphatic rings. The van der Waals surface area contributed by atoms with Crippen LogP contribution in [0.1, 0.15) is 41.7 Å². The van der Waals surface area contributed by atoms with Crippen LogP contribution in [0.25, 0.3) is 21.9 Å². The van der Waals surface area contributed by atoms with E-state index in [4.69, 9.17) is 14.0 Å². The summed E-state index contributed by atoms with van der Waals surface area (Å²) >= 11 is 0. The van der Waals surface area contributed by atoms with Gasteiger partial charge in [0.1, 0.15) is 35.0 Å². The molecule has 6 rings (SSSR count). The van der Waals surface area contributed by atoms with E-state index in [0.717, 1.165) is 24.3 Å². The maximum Gasteiger partial charge on any atom is 0.345 e. The number of ether oxygens (including phenoxy) is 1. The molecule has 0 bridgehead atoms. The zero-order valence-electron chi connectivity index (χ0n) is 23.8. The van der Waals surface area contributed by atoms with Crippen molar-refractivity contribution < 1.29 is 28.3 Å². The van der Waals surface area contributed by atoms with Gasteiger partial charge in [0.2, 0.25) is 5.43 Å². The lowest BCUT2D eigenvalue weighted by Gasteiger charge is -2.36. The molecule has 2 aromatic heterocycles. The predicted molar refractivity (Wildman–Crippen MR) is 159 cm³/mol. The molecule has 3 heterocycles. The van der Waals surface area contributed by atoms with Crippen LogP contribution in [-0.4, -0.2) is 72.7 Å². The van der Waals surface area contributed by atoms with Gasteiger partial charge in [0.05, 0.1) is 23.9 Å². The Bertz CT molecular complexity index is 1870. The van der Waals surface area contributed by atoms with Crippen molar-refractivity contribution in [3.05, 3.63) is 80.2 Å². The van der Waals surface area contributed by atoms with Crippen molar-refractivity contribution in [3.8, 4) is 5.75 Å². The van der Waals surface area contributed by atoms with Gasteiger partial charge in [-0.2, -0.15) is 0 Å². The highest BCUT2D eigenvalue weighted by Crippen LogP contribution is 2.38. The van der Waals surface area contributed by atoms with E-state index in [2.05, 4.69) is 10.1 Å². The first-order valence-electron chi connectivity index (χ1n) is 14.2. The summed E-state index contributed by atoms with van der Waals surface area (Å²) in [5.41, 5.74) is 0.443. The molecule has 1 aliphatic heterocycles. The Morgan fingerprint density at radius 3 is 2.53 bits per heavy atom. The fourth-order valence-corrected chi connectivity index (χ4v) is 5.49. The summed E-state index contributed by atoms with van der Waals surface area (Å²) in [4.78, 5) is 46.8. The number of aromatic carboxylic acids is 1. The lowest BCUT2D eigenvalue weighted by molar-refractivity contribution is 0.0694. The van der Waals surface area contributed by atoms with Gasteiger partial charge < -0.3 is 28.6 Å². The van der Waals surface area contributed by atoms with Crippen LogP contribution in [0.5, 0.6) is 5.75 Å². The van der Waals surface area contributed by atoms with Crippen molar-refractivity contribution in [2.24, 2.45) is 5.16 Å². The fraction of sp³-hybridized carbons (Fsp3) is 0.355. The molecule has 43 heavy (non-hydrogen) atoms. The minimum Gasteiger partial charge on any atom is -0.497 e. The molecular weight excluding hydrogens is 559 g/mol. The number of anilines is 1. The van der Waals surface area contributed by atoms with Crippen molar-refractivity contribution in [1.82, 2.24) is 9.47 Å². The number of aromatic nitrogens is 1. The first kappa shape index (κ1) is 28.4. The highest BCUT2D eigenvalue weighted by Gasteiger charge is 2.29. The van der Waals surface area contributed by atoms with Gasteiger partial charge >= 0.3 is 11.6 Å². The van der Waals surface area contributed by atoms with E-state index < -0.39 is 22.8 Å². The molecule has 0 atom stereocenters. The Kier molecular flexibility index (Phi) is 7.61. The molecule has 0 amide bonds. The summed E-state index contributed by atoms with van der Waals surface area (Å²) in [6.45, 7) is 4.51. The molecule has 1 saturated carbocycles. The standard InChI is InChI=1S/C31H31FN4O7/c1-3-42-33-25(21-12-18-4-7-20(41-2)13-28(18)43-31(21)40)17-34-8-10-35(11-9-34)27-15-26-22(14-24(27)32)29(37)23(30(38)39)16-36(26)19-5-6-19/h4,7,12-16,19H,3,5-6,8-11,17H2,1-2H3,(H,38,39)/b33-25-. The number of hydrogen-bond donors (Lipinski definition) is 1. The zero-order chi connectivity index (χ0) is 30.2. The minimum absolute atomic E-state index is 0.0659. The molecule has 1 aliphatic carbocycles. The van der Waals surface area contributed by atoms with Crippen LogP contribution >= 0.6 is 0 Å². The Morgan fingerprint density at radius 1 is 1.09 bits per heavy atom. The third-order valence-electron chi connectivity index (χ3n) is 7.92. The minimum atomic E-state index is -1.32. The van der Waals surface area contributed by atoms with E-state index in [0.29, 0.717) is 73.1 Å². The smallest absolute Gasteiger partial charge is 0.345 e. The number of rotatable bonds is 9. The molecule has 0 unspecified atom stereocenters. The number of carboxylic acid groups (broad SMARTS) is 1. The summed E-state index contributed by atoms with van der Waals surface area (Å²) in [6.07, 6.45) is 3.12. The van der Waals surface area contributed by atoms with Gasteiger partial charge in [-0.3, -0.25) is 9.69 Å². The molecule has 4 aromatic rings. The van der Waals surface area contributed by atoms with Crippen molar-refractivity contribution in [2.45, 2.75) is 25.8 Å². The summed E-state index contributed by atoms with van der Waals surface area (Å²) < 4.78 is 28.0.